The maximum absolute atomic E-state index is 13.2. The molecule has 0 spiro atoms. The standard InChI is InChI=1S/C32H23N3O2/c1-32(2)16-21(23(18-33)19-34)13-22(17-32)27-14-20-11-12-24(15-30(20)37-31(27)36)35-28-9-5-3-7-25(28)26-8-4-6-10-29(26)35/h3-15H,16-17H2,1-2H3. The van der Waals surface area contributed by atoms with Gasteiger partial charge in [-0.3, -0.25) is 0 Å². The molecule has 37 heavy (non-hydrogen) atoms. The van der Waals surface area contributed by atoms with Crippen molar-refractivity contribution in [2.24, 2.45) is 5.41 Å². The molecular weight excluding hydrogens is 458 g/mol. The van der Waals surface area contributed by atoms with E-state index in [1.54, 1.807) is 0 Å². The molecule has 5 heteroatoms. The number of rotatable bonds is 2. The molecule has 0 fully saturated rings. The molecule has 2 aromatic heterocycles. The number of allylic oxidation sites excluding steroid dienone is 4. The fourth-order valence-corrected chi connectivity index (χ4v) is 5.57. The van der Waals surface area contributed by atoms with Crippen LogP contribution in [0, 0.1) is 28.1 Å². The highest BCUT2D eigenvalue weighted by Crippen LogP contribution is 2.42. The van der Waals surface area contributed by atoms with E-state index in [4.69, 9.17) is 4.42 Å². The monoisotopic (exact) mass is 481 g/mol. The molecule has 1 aliphatic carbocycles. The SMILES string of the molecule is CC1(C)CC(c2cc3ccc(-n4c5ccccc5c5ccccc54)cc3oc2=O)=CC(=C(C#N)C#N)C1. The number of benzene rings is 3. The van der Waals surface area contributed by atoms with E-state index in [0.717, 1.165) is 27.7 Å². The number of aromatic nitrogens is 1. The Morgan fingerprint density at radius 3 is 2.19 bits per heavy atom. The van der Waals surface area contributed by atoms with E-state index < -0.39 is 5.63 Å². The zero-order chi connectivity index (χ0) is 25.7. The van der Waals surface area contributed by atoms with Crippen molar-refractivity contribution in [2.75, 3.05) is 0 Å². The van der Waals surface area contributed by atoms with Crippen molar-refractivity contribution in [3.8, 4) is 17.8 Å². The first-order valence-electron chi connectivity index (χ1n) is 12.2. The lowest BCUT2D eigenvalue weighted by Crippen LogP contribution is -2.20. The third kappa shape index (κ3) is 3.73. The zero-order valence-electron chi connectivity index (χ0n) is 20.6. The number of fused-ring (bicyclic) bond motifs is 4. The van der Waals surface area contributed by atoms with Crippen LogP contribution in [0.4, 0.5) is 0 Å². The van der Waals surface area contributed by atoms with Crippen LogP contribution in [-0.4, -0.2) is 4.57 Å². The Morgan fingerprint density at radius 2 is 1.54 bits per heavy atom. The lowest BCUT2D eigenvalue weighted by molar-refractivity contribution is 0.368. The maximum atomic E-state index is 13.2. The highest BCUT2D eigenvalue weighted by atomic mass is 16.4. The quantitative estimate of drug-likeness (QED) is 0.194. The average molecular weight is 482 g/mol. The summed E-state index contributed by atoms with van der Waals surface area (Å²) in [4.78, 5) is 13.2. The molecule has 6 rings (SSSR count). The van der Waals surface area contributed by atoms with Gasteiger partial charge in [0.2, 0.25) is 0 Å². The highest BCUT2D eigenvalue weighted by molar-refractivity contribution is 6.09. The van der Waals surface area contributed by atoms with Crippen molar-refractivity contribution in [2.45, 2.75) is 26.7 Å². The van der Waals surface area contributed by atoms with Crippen molar-refractivity contribution in [1.82, 2.24) is 4.57 Å². The second-order valence-electron chi connectivity index (χ2n) is 10.4. The van der Waals surface area contributed by atoms with E-state index in [0.29, 0.717) is 29.6 Å². The van der Waals surface area contributed by atoms with Crippen LogP contribution < -0.4 is 5.63 Å². The van der Waals surface area contributed by atoms with Crippen LogP contribution in [0.3, 0.4) is 0 Å². The fraction of sp³-hybridized carbons (Fsp3) is 0.156. The van der Waals surface area contributed by atoms with E-state index in [-0.39, 0.29) is 11.0 Å². The average Bonchev–Trinajstić information content (AvgIpc) is 3.22. The lowest BCUT2D eigenvalue weighted by atomic mass is 9.73. The number of nitrogens with zero attached hydrogens (tertiary/aromatic N) is 3. The largest absolute Gasteiger partial charge is 0.422 e. The van der Waals surface area contributed by atoms with E-state index in [1.165, 1.54) is 10.8 Å². The van der Waals surface area contributed by atoms with E-state index in [9.17, 15) is 15.3 Å². The second-order valence-corrected chi connectivity index (χ2v) is 10.4. The van der Waals surface area contributed by atoms with Gasteiger partial charge in [-0.1, -0.05) is 56.3 Å². The Kier molecular flexibility index (Phi) is 5.10. The number of hydrogen-bond donors (Lipinski definition) is 0. The van der Waals surface area contributed by atoms with Crippen LogP contribution >= 0.6 is 0 Å². The molecule has 2 heterocycles. The number of hydrogen-bond acceptors (Lipinski definition) is 4. The van der Waals surface area contributed by atoms with Crippen molar-refractivity contribution in [3.05, 3.63) is 106 Å². The van der Waals surface area contributed by atoms with Gasteiger partial charge in [0, 0.05) is 27.9 Å². The molecule has 0 atom stereocenters. The molecule has 0 N–H and O–H groups in total. The van der Waals surface area contributed by atoms with Gasteiger partial charge < -0.3 is 8.98 Å². The molecule has 0 radical (unpaired) electrons. The molecule has 0 bridgehead atoms. The molecule has 0 amide bonds. The number of nitriles is 2. The minimum absolute atomic E-state index is 0.0891. The van der Waals surface area contributed by atoms with Crippen molar-refractivity contribution in [3.63, 3.8) is 0 Å². The Labute approximate surface area is 213 Å². The predicted molar refractivity (Wildman–Crippen MR) is 146 cm³/mol. The normalized spacial score (nSPS) is 14.9. The summed E-state index contributed by atoms with van der Waals surface area (Å²) >= 11 is 0. The molecule has 5 nitrogen and oxygen atoms in total. The molecular formula is C32H23N3O2. The van der Waals surface area contributed by atoms with Crippen molar-refractivity contribution >= 4 is 38.3 Å². The van der Waals surface area contributed by atoms with E-state index in [1.807, 2.05) is 66.7 Å². The van der Waals surface area contributed by atoms with Gasteiger partial charge >= 0.3 is 5.63 Å². The molecule has 3 aromatic carbocycles. The summed E-state index contributed by atoms with van der Waals surface area (Å²) in [7, 11) is 0. The summed E-state index contributed by atoms with van der Waals surface area (Å²) in [5.41, 5.74) is 4.98. The Morgan fingerprint density at radius 1 is 0.892 bits per heavy atom. The van der Waals surface area contributed by atoms with Crippen molar-refractivity contribution in [1.29, 1.82) is 10.5 Å². The maximum Gasteiger partial charge on any atom is 0.343 e. The summed E-state index contributed by atoms with van der Waals surface area (Å²) < 4.78 is 8.06. The van der Waals surface area contributed by atoms with Gasteiger partial charge in [0.05, 0.1) is 16.6 Å². The lowest BCUT2D eigenvalue weighted by Gasteiger charge is -2.31. The fourth-order valence-electron chi connectivity index (χ4n) is 5.57. The summed E-state index contributed by atoms with van der Waals surface area (Å²) in [6.07, 6.45) is 3.07. The topological polar surface area (TPSA) is 82.7 Å². The van der Waals surface area contributed by atoms with Crippen LogP contribution in [0.2, 0.25) is 0 Å². The summed E-state index contributed by atoms with van der Waals surface area (Å²) in [5, 5.41) is 21.9. The van der Waals surface area contributed by atoms with Crippen LogP contribution in [0.1, 0.15) is 32.3 Å². The zero-order valence-corrected chi connectivity index (χ0v) is 20.6. The molecule has 1 aliphatic rings. The van der Waals surface area contributed by atoms with E-state index in [2.05, 4.69) is 42.7 Å². The van der Waals surface area contributed by atoms with Gasteiger partial charge in [0.1, 0.15) is 23.3 Å². The minimum atomic E-state index is -0.425. The molecule has 0 saturated carbocycles. The highest BCUT2D eigenvalue weighted by Gasteiger charge is 2.29. The Hall–Kier alpha value is -4.87. The van der Waals surface area contributed by atoms with E-state index >= 15 is 0 Å². The van der Waals surface area contributed by atoms with Crippen molar-refractivity contribution < 1.29 is 4.42 Å². The van der Waals surface area contributed by atoms with Gasteiger partial charge in [0.25, 0.3) is 0 Å². The molecule has 0 saturated heterocycles. The molecule has 0 unspecified atom stereocenters. The molecule has 0 aliphatic heterocycles. The minimum Gasteiger partial charge on any atom is -0.422 e. The third-order valence-electron chi connectivity index (χ3n) is 7.13. The predicted octanol–water partition coefficient (Wildman–Crippen LogP) is 7.44. The van der Waals surface area contributed by atoms with Gasteiger partial charge in [-0.15, -0.1) is 0 Å². The first-order valence-corrected chi connectivity index (χ1v) is 12.2. The van der Waals surface area contributed by atoms with Gasteiger partial charge in [-0.25, -0.2) is 4.79 Å². The Balaban J connectivity index is 1.52. The van der Waals surface area contributed by atoms with Gasteiger partial charge in [-0.05, 0) is 59.7 Å². The Bertz CT molecular complexity index is 1880. The van der Waals surface area contributed by atoms with Crippen LogP contribution in [-0.2, 0) is 0 Å². The summed E-state index contributed by atoms with van der Waals surface area (Å²) in [6, 6.07) is 28.3. The first kappa shape index (κ1) is 22.6. The smallest absolute Gasteiger partial charge is 0.343 e. The van der Waals surface area contributed by atoms with Crippen LogP contribution in [0.15, 0.2) is 99.2 Å². The molecule has 178 valence electrons. The summed E-state index contributed by atoms with van der Waals surface area (Å²) in [5.74, 6) is 0. The number of para-hydroxylation sites is 2. The first-order chi connectivity index (χ1) is 17.9. The second kappa shape index (κ2) is 8.36. The summed E-state index contributed by atoms with van der Waals surface area (Å²) in [6.45, 7) is 4.15. The van der Waals surface area contributed by atoms with Crippen LogP contribution in [0.25, 0.3) is 44.0 Å². The van der Waals surface area contributed by atoms with Gasteiger partial charge in [0.15, 0.2) is 0 Å². The van der Waals surface area contributed by atoms with Gasteiger partial charge in [-0.2, -0.15) is 10.5 Å². The third-order valence-corrected chi connectivity index (χ3v) is 7.13. The molecule has 5 aromatic rings. The van der Waals surface area contributed by atoms with Crippen LogP contribution in [0.5, 0.6) is 0 Å².